The van der Waals surface area contributed by atoms with E-state index < -0.39 is 34.7 Å². The maximum absolute atomic E-state index is 13.9. The molecule has 39 heavy (non-hydrogen) atoms. The van der Waals surface area contributed by atoms with Crippen LogP contribution in [0.25, 0.3) is 27.8 Å². The molecule has 0 spiro atoms. The maximum atomic E-state index is 13.9. The van der Waals surface area contributed by atoms with Crippen molar-refractivity contribution in [1.82, 2.24) is 0 Å². The Balaban J connectivity index is 1.46. The number of alkyl halides is 3. The summed E-state index contributed by atoms with van der Waals surface area (Å²) in [6, 6.07) is 21.8. The van der Waals surface area contributed by atoms with Crippen LogP contribution < -0.4 is 14.9 Å². The zero-order chi connectivity index (χ0) is 27.7. The molecule has 0 aliphatic rings. The Bertz CT molecular complexity index is 1790. The smallest absolute Gasteiger partial charge is 0.449 e. The van der Waals surface area contributed by atoms with Crippen LogP contribution in [0.15, 0.2) is 94.2 Å². The summed E-state index contributed by atoms with van der Waals surface area (Å²) in [5, 5.41) is 1.78. The largest absolute Gasteiger partial charge is 0.453 e. The second-order valence-electron chi connectivity index (χ2n) is 8.99. The van der Waals surface area contributed by atoms with Gasteiger partial charge in [-0.05, 0) is 71.7 Å². The van der Waals surface area contributed by atoms with Crippen molar-refractivity contribution in [3.63, 3.8) is 0 Å². The third kappa shape index (κ3) is 5.55. The Labute approximate surface area is 220 Å². The molecule has 1 heterocycles. The van der Waals surface area contributed by atoms with Gasteiger partial charge in [-0.2, -0.15) is 13.2 Å². The number of carbonyl (C=O) groups excluding carboxylic acids is 1. The van der Waals surface area contributed by atoms with Crippen molar-refractivity contribution in [3.05, 3.63) is 118 Å². The van der Waals surface area contributed by atoms with E-state index in [9.17, 15) is 22.8 Å². The van der Waals surface area contributed by atoms with Gasteiger partial charge in [0.15, 0.2) is 0 Å². The zero-order valence-corrected chi connectivity index (χ0v) is 20.8. The fraction of sp³-hybridized carbons (Fsp3) is 0.0968. The molecule has 0 unspecified atom stereocenters. The monoisotopic (exact) mass is 530 g/mol. The molecule has 0 saturated heterocycles. The number of rotatable bonds is 5. The Hall–Kier alpha value is -4.85. The number of ether oxygens (including phenoxy) is 2. The average Bonchev–Trinajstić information content (AvgIpc) is 2.87. The van der Waals surface area contributed by atoms with E-state index >= 15 is 0 Å². The topological polar surface area (TPSA) is 65.7 Å². The van der Waals surface area contributed by atoms with E-state index in [0.29, 0.717) is 0 Å². The summed E-state index contributed by atoms with van der Waals surface area (Å²) in [5.41, 5.74) is 0.898. The SMILES string of the molecule is Cc1cc(C)cc(Oc2c(C(F)(F)F)oc3cc(OC(=O)C=Cc4cccc5ccccc45)ccc3c2=O)c1. The second-order valence-corrected chi connectivity index (χ2v) is 8.99. The molecular weight excluding hydrogens is 509 g/mol. The van der Waals surface area contributed by atoms with Crippen molar-refractivity contribution >= 4 is 33.8 Å². The minimum absolute atomic E-state index is 0.0770. The minimum atomic E-state index is -5.02. The minimum Gasteiger partial charge on any atom is -0.449 e. The van der Waals surface area contributed by atoms with Gasteiger partial charge in [0.2, 0.25) is 11.2 Å². The van der Waals surface area contributed by atoms with Crippen LogP contribution in [0.2, 0.25) is 0 Å². The van der Waals surface area contributed by atoms with Gasteiger partial charge in [0.25, 0.3) is 5.76 Å². The molecule has 5 nitrogen and oxygen atoms in total. The molecule has 196 valence electrons. The molecule has 0 saturated carbocycles. The molecule has 5 rings (SSSR count). The lowest BCUT2D eigenvalue weighted by molar-refractivity contribution is -0.154. The summed E-state index contributed by atoms with van der Waals surface area (Å²) in [6.07, 6.45) is -2.22. The van der Waals surface area contributed by atoms with Crippen molar-refractivity contribution < 1.29 is 31.9 Å². The number of esters is 1. The highest BCUT2D eigenvalue weighted by molar-refractivity contribution is 5.95. The highest BCUT2D eigenvalue weighted by Gasteiger charge is 2.40. The Morgan fingerprint density at radius 1 is 0.846 bits per heavy atom. The molecule has 0 bridgehead atoms. The van der Waals surface area contributed by atoms with Crippen LogP contribution in [0.5, 0.6) is 17.2 Å². The summed E-state index contributed by atoms with van der Waals surface area (Å²) in [4.78, 5) is 25.5. The van der Waals surface area contributed by atoms with Gasteiger partial charge in [0.05, 0.1) is 5.39 Å². The quantitative estimate of drug-likeness (QED) is 0.131. The number of hydrogen-bond donors (Lipinski definition) is 0. The molecule has 0 radical (unpaired) electrons. The number of benzene rings is 4. The highest BCUT2D eigenvalue weighted by Crippen LogP contribution is 2.39. The first kappa shape index (κ1) is 25.8. The maximum Gasteiger partial charge on any atom is 0.453 e. The van der Waals surface area contributed by atoms with Crippen LogP contribution in [0.3, 0.4) is 0 Å². The molecule has 0 aliphatic heterocycles. The van der Waals surface area contributed by atoms with Gasteiger partial charge >= 0.3 is 12.1 Å². The lowest BCUT2D eigenvalue weighted by Gasteiger charge is -2.14. The van der Waals surface area contributed by atoms with Crippen LogP contribution in [0.4, 0.5) is 13.2 Å². The van der Waals surface area contributed by atoms with Crippen LogP contribution in [-0.4, -0.2) is 5.97 Å². The third-order valence-electron chi connectivity index (χ3n) is 5.94. The number of fused-ring (bicyclic) bond motifs is 2. The van der Waals surface area contributed by atoms with Gasteiger partial charge < -0.3 is 13.9 Å². The number of aryl methyl sites for hydroxylation is 2. The lowest BCUT2D eigenvalue weighted by atomic mass is 10.0. The van der Waals surface area contributed by atoms with Crippen molar-refractivity contribution in [2.75, 3.05) is 0 Å². The Morgan fingerprint density at radius 2 is 1.56 bits per heavy atom. The Morgan fingerprint density at radius 3 is 2.31 bits per heavy atom. The van der Waals surface area contributed by atoms with Gasteiger partial charge in [-0.25, -0.2) is 4.79 Å². The van der Waals surface area contributed by atoms with Gasteiger partial charge in [-0.3, -0.25) is 4.79 Å². The lowest BCUT2D eigenvalue weighted by Crippen LogP contribution is -2.15. The number of hydrogen-bond acceptors (Lipinski definition) is 5. The summed E-state index contributed by atoms with van der Waals surface area (Å²) < 4.78 is 57.5. The van der Waals surface area contributed by atoms with Gasteiger partial charge in [-0.1, -0.05) is 48.5 Å². The molecule has 4 aromatic carbocycles. The van der Waals surface area contributed by atoms with Crippen LogP contribution in [0.1, 0.15) is 22.5 Å². The number of halogens is 3. The summed E-state index contributed by atoms with van der Waals surface area (Å²) in [7, 11) is 0. The predicted molar refractivity (Wildman–Crippen MR) is 142 cm³/mol. The van der Waals surface area contributed by atoms with E-state index in [-0.39, 0.29) is 16.9 Å². The molecular formula is C31H21F3O5. The molecule has 0 fully saturated rings. The predicted octanol–water partition coefficient (Wildman–Crippen LogP) is 7.99. The van der Waals surface area contributed by atoms with Crippen molar-refractivity contribution in [2.24, 2.45) is 0 Å². The van der Waals surface area contributed by atoms with E-state index in [1.165, 1.54) is 30.3 Å². The first-order valence-corrected chi connectivity index (χ1v) is 11.9. The van der Waals surface area contributed by atoms with Crippen LogP contribution >= 0.6 is 0 Å². The van der Waals surface area contributed by atoms with E-state index in [4.69, 9.17) is 13.9 Å². The van der Waals surface area contributed by atoms with Gasteiger partial charge in [0, 0.05) is 12.1 Å². The van der Waals surface area contributed by atoms with Crippen molar-refractivity contribution in [3.8, 4) is 17.2 Å². The van der Waals surface area contributed by atoms with Crippen LogP contribution in [-0.2, 0) is 11.0 Å². The normalized spacial score (nSPS) is 11.8. The summed E-state index contributed by atoms with van der Waals surface area (Å²) in [5.74, 6) is -3.32. The van der Waals surface area contributed by atoms with E-state index in [2.05, 4.69) is 0 Å². The third-order valence-corrected chi connectivity index (χ3v) is 5.94. The summed E-state index contributed by atoms with van der Waals surface area (Å²) >= 11 is 0. The van der Waals surface area contributed by atoms with Crippen molar-refractivity contribution in [1.29, 1.82) is 0 Å². The fourth-order valence-corrected chi connectivity index (χ4v) is 4.31. The molecule has 8 heteroatoms. The standard InChI is InChI=1S/C31H21F3O5/c1-18-14-19(2)16-23(15-18)38-29-28(36)25-12-11-22(17-26(25)39-30(29)31(32,33)34)37-27(35)13-10-21-8-5-7-20-6-3-4-9-24(20)21/h3-17H,1-2H3. The van der Waals surface area contributed by atoms with E-state index in [1.54, 1.807) is 19.9 Å². The van der Waals surface area contributed by atoms with Crippen LogP contribution in [0, 0.1) is 13.8 Å². The molecule has 0 N–H and O–H groups in total. The second kappa shape index (κ2) is 10.1. The highest BCUT2D eigenvalue weighted by atomic mass is 19.4. The molecule has 0 amide bonds. The average molecular weight is 530 g/mol. The molecule has 0 atom stereocenters. The Kier molecular flexibility index (Phi) is 6.70. The van der Waals surface area contributed by atoms with Crippen molar-refractivity contribution in [2.45, 2.75) is 20.0 Å². The zero-order valence-electron chi connectivity index (χ0n) is 20.8. The van der Waals surface area contributed by atoms with Gasteiger partial charge in [-0.15, -0.1) is 0 Å². The van der Waals surface area contributed by atoms with E-state index in [0.717, 1.165) is 33.5 Å². The fourth-order valence-electron chi connectivity index (χ4n) is 4.31. The summed E-state index contributed by atoms with van der Waals surface area (Å²) in [6.45, 7) is 3.51. The molecule has 0 aliphatic carbocycles. The molecule has 1 aromatic heterocycles. The van der Waals surface area contributed by atoms with E-state index in [1.807, 2.05) is 48.5 Å². The van der Waals surface area contributed by atoms with Gasteiger partial charge in [0.1, 0.15) is 17.1 Å². The first-order valence-electron chi connectivity index (χ1n) is 11.9. The molecule has 5 aromatic rings. The number of carbonyl (C=O) groups is 1. The first-order chi connectivity index (χ1) is 18.6.